The van der Waals surface area contributed by atoms with Gasteiger partial charge in [0.1, 0.15) is 0 Å². The van der Waals surface area contributed by atoms with E-state index in [0.29, 0.717) is 10.3 Å². The van der Waals surface area contributed by atoms with Gasteiger partial charge >= 0.3 is 0 Å². The maximum atomic E-state index is 13.4. The third-order valence-electron chi connectivity index (χ3n) is 4.65. The summed E-state index contributed by atoms with van der Waals surface area (Å²) in [5, 5.41) is 11.3. The Hall–Kier alpha value is -1.50. The lowest BCUT2D eigenvalue weighted by molar-refractivity contribution is 0.136. The van der Waals surface area contributed by atoms with E-state index < -0.39 is 16.1 Å². The normalized spacial score (nSPS) is 18.1. The van der Waals surface area contributed by atoms with Crippen molar-refractivity contribution in [2.45, 2.75) is 56.1 Å². The molecule has 1 heterocycles. The topological polar surface area (TPSA) is 70.5 Å². The molecule has 0 radical (unpaired) electrons. The Kier molecular flexibility index (Phi) is 5.18. The molecule has 2 aromatic rings. The number of pyridine rings is 1. The molecular formula is C18H24N2O3S. The average molecular weight is 348 g/mol. The molecule has 1 aromatic heterocycles. The Morgan fingerprint density at radius 1 is 1.25 bits per heavy atom. The molecule has 1 aliphatic rings. The number of aromatic nitrogens is 1. The van der Waals surface area contributed by atoms with Crippen LogP contribution in [-0.2, 0) is 10.0 Å². The first-order valence-electron chi connectivity index (χ1n) is 8.53. The molecule has 0 aliphatic heterocycles. The van der Waals surface area contributed by atoms with Crippen molar-refractivity contribution in [1.29, 1.82) is 0 Å². The second kappa shape index (κ2) is 7.17. The molecule has 0 bridgehead atoms. The number of hydrogen-bond donors (Lipinski definition) is 1. The lowest BCUT2D eigenvalue weighted by Gasteiger charge is -2.34. The van der Waals surface area contributed by atoms with Crippen LogP contribution in [0.5, 0.6) is 0 Å². The SMILES string of the molecule is CC(O)CN(C1CCCCC1)S(=O)(=O)c1cccc2cnccc12. The molecule has 6 heteroatoms. The summed E-state index contributed by atoms with van der Waals surface area (Å²) < 4.78 is 28.3. The Bertz CT molecular complexity index is 794. The zero-order chi connectivity index (χ0) is 17.2. The van der Waals surface area contributed by atoms with Crippen LogP contribution in [0, 0.1) is 0 Å². The smallest absolute Gasteiger partial charge is 0.244 e. The number of rotatable bonds is 5. The Labute approximate surface area is 143 Å². The van der Waals surface area contributed by atoms with Crippen molar-refractivity contribution in [2.75, 3.05) is 6.54 Å². The molecular weight excluding hydrogens is 324 g/mol. The minimum atomic E-state index is -3.68. The maximum absolute atomic E-state index is 13.4. The molecule has 3 rings (SSSR count). The Morgan fingerprint density at radius 3 is 2.71 bits per heavy atom. The van der Waals surface area contributed by atoms with Crippen LogP contribution in [0.25, 0.3) is 10.8 Å². The molecule has 1 N–H and O–H groups in total. The minimum Gasteiger partial charge on any atom is -0.392 e. The van der Waals surface area contributed by atoms with Gasteiger partial charge in [-0.3, -0.25) is 4.98 Å². The molecule has 1 atom stereocenters. The summed E-state index contributed by atoms with van der Waals surface area (Å²) in [7, 11) is -3.68. The van der Waals surface area contributed by atoms with Crippen LogP contribution in [0.4, 0.5) is 0 Å². The number of fused-ring (bicyclic) bond motifs is 1. The number of sulfonamides is 1. The van der Waals surface area contributed by atoms with E-state index >= 15 is 0 Å². The summed E-state index contributed by atoms with van der Waals surface area (Å²) in [4.78, 5) is 4.37. The first-order chi connectivity index (χ1) is 11.5. The lowest BCUT2D eigenvalue weighted by atomic mass is 9.95. The summed E-state index contributed by atoms with van der Waals surface area (Å²) in [5.41, 5.74) is 0. The van der Waals surface area contributed by atoms with E-state index in [4.69, 9.17) is 0 Å². The van der Waals surface area contributed by atoms with Crippen molar-refractivity contribution in [1.82, 2.24) is 9.29 Å². The van der Waals surface area contributed by atoms with Gasteiger partial charge in [0, 0.05) is 35.8 Å². The zero-order valence-corrected chi connectivity index (χ0v) is 14.7. The average Bonchev–Trinajstić information content (AvgIpc) is 2.59. The van der Waals surface area contributed by atoms with Gasteiger partial charge in [0.15, 0.2) is 0 Å². The van der Waals surface area contributed by atoms with Crippen molar-refractivity contribution in [2.24, 2.45) is 0 Å². The first kappa shape index (κ1) is 17.3. The van der Waals surface area contributed by atoms with Crippen molar-refractivity contribution in [3.8, 4) is 0 Å². The van der Waals surface area contributed by atoms with E-state index in [-0.39, 0.29) is 12.6 Å². The van der Waals surface area contributed by atoms with Crippen LogP contribution < -0.4 is 0 Å². The molecule has 24 heavy (non-hydrogen) atoms. The molecule has 0 amide bonds. The molecule has 1 unspecified atom stereocenters. The Morgan fingerprint density at radius 2 is 2.00 bits per heavy atom. The van der Waals surface area contributed by atoms with Crippen LogP contribution in [-0.4, -0.2) is 41.5 Å². The number of benzene rings is 1. The highest BCUT2D eigenvalue weighted by molar-refractivity contribution is 7.89. The number of aliphatic hydroxyl groups excluding tert-OH is 1. The highest BCUT2D eigenvalue weighted by Crippen LogP contribution is 2.31. The molecule has 1 saturated carbocycles. The summed E-state index contributed by atoms with van der Waals surface area (Å²) in [6.45, 7) is 1.77. The predicted octanol–water partition coefficient (Wildman–Crippen LogP) is 2.94. The van der Waals surface area contributed by atoms with Crippen molar-refractivity contribution < 1.29 is 13.5 Å². The fourth-order valence-electron chi connectivity index (χ4n) is 3.52. The largest absolute Gasteiger partial charge is 0.392 e. The van der Waals surface area contributed by atoms with Gasteiger partial charge in [-0.05, 0) is 31.9 Å². The van der Waals surface area contributed by atoms with Gasteiger partial charge in [-0.1, -0.05) is 31.4 Å². The second-order valence-corrected chi connectivity index (χ2v) is 8.43. The number of aliphatic hydroxyl groups is 1. The van der Waals surface area contributed by atoms with Gasteiger partial charge in [-0.2, -0.15) is 4.31 Å². The fraction of sp³-hybridized carbons (Fsp3) is 0.500. The van der Waals surface area contributed by atoms with Crippen molar-refractivity contribution in [3.05, 3.63) is 36.7 Å². The van der Waals surface area contributed by atoms with Gasteiger partial charge in [0.25, 0.3) is 0 Å². The molecule has 5 nitrogen and oxygen atoms in total. The summed E-state index contributed by atoms with van der Waals surface area (Å²) >= 11 is 0. The summed E-state index contributed by atoms with van der Waals surface area (Å²) in [5.74, 6) is 0. The van der Waals surface area contributed by atoms with E-state index in [2.05, 4.69) is 4.98 Å². The standard InChI is InChI=1S/C18H24N2O3S/c1-14(21)13-20(16-7-3-2-4-8-16)24(22,23)18-9-5-6-15-12-19-11-10-17(15)18/h5-6,9-12,14,16,21H,2-4,7-8,13H2,1H3. The third kappa shape index (κ3) is 3.45. The summed E-state index contributed by atoms with van der Waals surface area (Å²) in [6.07, 6.45) is 7.54. The van der Waals surface area contributed by atoms with E-state index in [9.17, 15) is 13.5 Å². The Balaban J connectivity index is 2.07. The minimum absolute atomic E-state index is 0.0320. The van der Waals surface area contributed by atoms with Crippen molar-refractivity contribution in [3.63, 3.8) is 0 Å². The fourth-order valence-corrected chi connectivity index (χ4v) is 5.50. The second-order valence-electron chi connectivity index (χ2n) is 6.57. The van der Waals surface area contributed by atoms with E-state index in [1.165, 1.54) is 4.31 Å². The molecule has 1 fully saturated rings. The number of nitrogens with zero attached hydrogens (tertiary/aromatic N) is 2. The molecule has 1 aromatic carbocycles. The van der Waals surface area contributed by atoms with Gasteiger partial charge in [-0.15, -0.1) is 0 Å². The monoisotopic (exact) mass is 348 g/mol. The molecule has 130 valence electrons. The van der Waals surface area contributed by atoms with Gasteiger partial charge in [0.2, 0.25) is 10.0 Å². The highest BCUT2D eigenvalue weighted by Gasteiger charge is 2.33. The van der Waals surface area contributed by atoms with E-state index in [1.807, 2.05) is 6.07 Å². The van der Waals surface area contributed by atoms with Crippen LogP contribution in [0.3, 0.4) is 0 Å². The van der Waals surface area contributed by atoms with Gasteiger partial charge in [0.05, 0.1) is 11.0 Å². The third-order valence-corrected chi connectivity index (χ3v) is 6.63. The van der Waals surface area contributed by atoms with E-state index in [0.717, 1.165) is 37.5 Å². The zero-order valence-electron chi connectivity index (χ0n) is 13.9. The van der Waals surface area contributed by atoms with Crippen LogP contribution in [0.2, 0.25) is 0 Å². The summed E-state index contributed by atoms with van der Waals surface area (Å²) in [6, 6.07) is 6.97. The first-order valence-corrected chi connectivity index (χ1v) is 9.97. The molecule has 1 aliphatic carbocycles. The molecule has 0 spiro atoms. The molecule has 0 saturated heterocycles. The maximum Gasteiger partial charge on any atom is 0.244 e. The number of hydrogen-bond acceptors (Lipinski definition) is 4. The van der Waals surface area contributed by atoms with Gasteiger partial charge < -0.3 is 5.11 Å². The van der Waals surface area contributed by atoms with Crippen LogP contribution in [0.15, 0.2) is 41.6 Å². The highest BCUT2D eigenvalue weighted by atomic mass is 32.2. The van der Waals surface area contributed by atoms with Crippen LogP contribution >= 0.6 is 0 Å². The van der Waals surface area contributed by atoms with Crippen molar-refractivity contribution >= 4 is 20.8 Å². The van der Waals surface area contributed by atoms with Crippen LogP contribution in [0.1, 0.15) is 39.0 Å². The lowest BCUT2D eigenvalue weighted by Crippen LogP contribution is -2.44. The predicted molar refractivity (Wildman–Crippen MR) is 94.2 cm³/mol. The quantitative estimate of drug-likeness (QED) is 0.902. The van der Waals surface area contributed by atoms with Gasteiger partial charge in [-0.25, -0.2) is 8.42 Å². The van der Waals surface area contributed by atoms with E-state index in [1.54, 1.807) is 37.5 Å².